The van der Waals surface area contributed by atoms with Gasteiger partial charge >= 0.3 is 5.97 Å². The van der Waals surface area contributed by atoms with Gasteiger partial charge in [-0.05, 0) is 63.9 Å². The van der Waals surface area contributed by atoms with Crippen LogP contribution in [0.15, 0.2) is 36.5 Å². The zero-order valence-corrected chi connectivity index (χ0v) is 39.4. The quantitative estimate of drug-likeness (QED) is 0.0323. The molecule has 0 radical (unpaired) electrons. The zero-order valence-electron chi connectivity index (χ0n) is 39.4. The number of allylic oxidation sites excluding steroid dienone is 5. The third-order valence-electron chi connectivity index (χ3n) is 11.7. The van der Waals surface area contributed by atoms with Crippen molar-refractivity contribution in [2.45, 2.75) is 283 Å². The van der Waals surface area contributed by atoms with Crippen LogP contribution in [-0.4, -0.2) is 46.9 Å². The number of amides is 1. The Hall–Kier alpha value is -1.92. The Morgan fingerprint density at radius 2 is 0.898 bits per heavy atom. The molecule has 59 heavy (non-hydrogen) atoms. The molecule has 3 N–H and O–H groups in total. The molecule has 0 saturated carbocycles. The summed E-state index contributed by atoms with van der Waals surface area (Å²) in [5.74, 6) is -0.606. The molecule has 0 spiro atoms. The maximum absolute atomic E-state index is 13.1. The summed E-state index contributed by atoms with van der Waals surface area (Å²) in [6.07, 6.45) is 55.3. The minimum absolute atomic E-state index is 0.0297. The van der Waals surface area contributed by atoms with Gasteiger partial charge in [0.05, 0.1) is 25.2 Å². The highest BCUT2D eigenvalue weighted by Crippen LogP contribution is 2.16. The number of nitrogens with one attached hydrogen (secondary N) is 1. The van der Waals surface area contributed by atoms with Crippen LogP contribution in [0.3, 0.4) is 0 Å². The van der Waals surface area contributed by atoms with Crippen molar-refractivity contribution in [3.05, 3.63) is 36.5 Å². The highest BCUT2D eigenvalue weighted by Gasteiger charge is 2.23. The number of unbranched alkanes of at least 4 members (excludes halogenated alkanes) is 30. The molecule has 346 valence electrons. The fourth-order valence-corrected chi connectivity index (χ4v) is 7.74. The van der Waals surface area contributed by atoms with Gasteiger partial charge in [0.2, 0.25) is 5.91 Å². The van der Waals surface area contributed by atoms with Crippen LogP contribution in [0.2, 0.25) is 0 Å². The second-order valence-electron chi connectivity index (χ2n) is 17.6. The Bertz CT molecular complexity index is 977. The maximum atomic E-state index is 13.1. The summed E-state index contributed by atoms with van der Waals surface area (Å²) in [5, 5.41) is 23.6. The summed E-state index contributed by atoms with van der Waals surface area (Å²) < 4.78 is 5.82. The normalized spacial score (nSPS) is 13.5. The molecule has 0 aliphatic heterocycles. The van der Waals surface area contributed by atoms with E-state index in [-0.39, 0.29) is 24.9 Å². The second kappa shape index (κ2) is 47.1. The Labute approximate surface area is 366 Å². The van der Waals surface area contributed by atoms with Crippen LogP contribution < -0.4 is 5.32 Å². The zero-order chi connectivity index (χ0) is 43.1. The van der Waals surface area contributed by atoms with E-state index in [1.807, 2.05) is 12.2 Å². The molecular formula is C53H99NO5. The summed E-state index contributed by atoms with van der Waals surface area (Å²) in [5.41, 5.74) is 0. The van der Waals surface area contributed by atoms with Crippen molar-refractivity contribution in [3.8, 4) is 0 Å². The molecule has 0 aromatic carbocycles. The third kappa shape index (κ3) is 42.6. The van der Waals surface area contributed by atoms with Gasteiger partial charge in [-0.1, -0.05) is 225 Å². The van der Waals surface area contributed by atoms with Crippen molar-refractivity contribution in [3.63, 3.8) is 0 Å². The largest absolute Gasteiger partial charge is 0.458 e. The lowest BCUT2D eigenvalue weighted by molar-refractivity contribution is -0.148. The van der Waals surface area contributed by atoms with Gasteiger partial charge in [-0.25, -0.2) is 0 Å². The maximum Gasteiger partial charge on any atom is 0.306 e. The molecule has 0 aliphatic carbocycles. The molecule has 0 heterocycles. The van der Waals surface area contributed by atoms with E-state index in [1.54, 1.807) is 0 Å². The van der Waals surface area contributed by atoms with E-state index in [2.05, 4.69) is 50.4 Å². The first-order chi connectivity index (χ1) is 29.0. The third-order valence-corrected chi connectivity index (χ3v) is 11.7. The predicted molar refractivity (Wildman–Crippen MR) is 255 cm³/mol. The number of carbonyl (C=O) groups is 2. The van der Waals surface area contributed by atoms with Crippen LogP contribution in [0.25, 0.3) is 0 Å². The number of aliphatic hydroxyl groups is 2. The first-order valence-electron chi connectivity index (χ1n) is 25.7. The molecule has 6 heteroatoms. The SMILES string of the molecule is CCCCCCCC/C=C\C/C=C/C(CC(=O)NC(CO)C(O)CCCCCCCCCCCCC)OC(=O)CCCCCCC/C=C/CCCCCCCCCCC. The van der Waals surface area contributed by atoms with Crippen molar-refractivity contribution in [2.24, 2.45) is 0 Å². The van der Waals surface area contributed by atoms with Crippen molar-refractivity contribution in [1.82, 2.24) is 5.32 Å². The Balaban J connectivity index is 4.57. The van der Waals surface area contributed by atoms with Crippen molar-refractivity contribution in [2.75, 3.05) is 6.61 Å². The Kier molecular flexibility index (Phi) is 45.6. The number of aliphatic hydroxyl groups excluding tert-OH is 2. The molecule has 0 saturated heterocycles. The van der Waals surface area contributed by atoms with Crippen LogP contribution in [0.5, 0.6) is 0 Å². The van der Waals surface area contributed by atoms with Gasteiger partial charge in [0, 0.05) is 6.42 Å². The van der Waals surface area contributed by atoms with E-state index in [0.717, 1.165) is 57.8 Å². The van der Waals surface area contributed by atoms with Crippen molar-refractivity contribution in [1.29, 1.82) is 0 Å². The monoisotopic (exact) mass is 830 g/mol. The predicted octanol–water partition coefficient (Wildman–Crippen LogP) is 15.3. The summed E-state index contributed by atoms with van der Waals surface area (Å²) in [7, 11) is 0. The van der Waals surface area contributed by atoms with Crippen LogP contribution in [-0.2, 0) is 14.3 Å². The van der Waals surface area contributed by atoms with Crippen LogP contribution in [0.1, 0.15) is 265 Å². The fourth-order valence-electron chi connectivity index (χ4n) is 7.74. The molecule has 3 unspecified atom stereocenters. The van der Waals surface area contributed by atoms with Gasteiger partial charge in [-0.3, -0.25) is 9.59 Å². The first-order valence-corrected chi connectivity index (χ1v) is 25.7. The molecule has 0 fully saturated rings. The Morgan fingerprint density at radius 1 is 0.508 bits per heavy atom. The molecule has 0 aromatic heterocycles. The van der Waals surface area contributed by atoms with E-state index in [0.29, 0.717) is 12.8 Å². The summed E-state index contributed by atoms with van der Waals surface area (Å²) >= 11 is 0. The smallest absolute Gasteiger partial charge is 0.306 e. The average molecular weight is 830 g/mol. The molecular weight excluding hydrogens is 731 g/mol. The number of carbonyl (C=O) groups excluding carboxylic acids is 2. The van der Waals surface area contributed by atoms with Crippen molar-refractivity contribution >= 4 is 11.9 Å². The molecule has 6 nitrogen and oxygen atoms in total. The molecule has 1 amide bonds. The minimum atomic E-state index is -0.809. The van der Waals surface area contributed by atoms with E-state index in [1.165, 1.54) is 167 Å². The number of rotatable bonds is 46. The lowest BCUT2D eigenvalue weighted by Gasteiger charge is -2.23. The lowest BCUT2D eigenvalue weighted by Crippen LogP contribution is -2.46. The van der Waals surface area contributed by atoms with E-state index in [4.69, 9.17) is 4.74 Å². The summed E-state index contributed by atoms with van der Waals surface area (Å²) in [6, 6.07) is -0.730. The van der Waals surface area contributed by atoms with Gasteiger partial charge in [-0.2, -0.15) is 0 Å². The van der Waals surface area contributed by atoms with E-state index in [9.17, 15) is 19.8 Å². The fraction of sp³-hybridized carbons (Fsp3) is 0.849. The van der Waals surface area contributed by atoms with Gasteiger partial charge < -0.3 is 20.3 Å². The Morgan fingerprint density at radius 3 is 1.34 bits per heavy atom. The highest BCUT2D eigenvalue weighted by atomic mass is 16.5. The topological polar surface area (TPSA) is 95.9 Å². The van der Waals surface area contributed by atoms with Crippen molar-refractivity contribution < 1.29 is 24.5 Å². The number of hydrogen-bond donors (Lipinski definition) is 3. The van der Waals surface area contributed by atoms with Gasteiger partial charge in [0.15, 0.2) is 0 Å². The van der Waals surface area contributed by atoms with E-state index < -0.39 is 18.2 Å². The minimum Gasteiger partial charge on any atom is -0.458 e. The number of esters is 1. The first kappa shape index (κ1) is 57.1. The molecule has 0 aromatic rings. The van der Waals surface area contributed by atoms with Gasteiger partial charge in [0.1, 0.15) is 6.10 Å². The molecule has 0 aliphatic rings. The molecule has 0 rings (SSSR count). The molecule has 3 atom stereocenters. The van der Waals surface area contributed by atoms with Crippen LogP contribution in [0.4, 0.5) is 0 Å². The van der Waals surface area contributed by atoms with Gasteiger partial charge in [-0.15, -0.1) is 0 Å². The summed E-state index contributed by atoms with van der Waals surface area (Å²) in [6.45, 7) is 6.44. The number of hydrogen-bond acceptors (Lipinski definition) is 5. The van der Waals surface area contributed by atoms with Crippen LogP contribution in [0, 0.1) is 0 Å². The highest BCUT2D eigenvalue weighted by molar-refractivity contribution is 5.78. The number of ether oxygens (including phenoxy) is 1. The lowest BCUT2D eigenvalue weighted by atomic mass is 10.0. The van der Waals surface area contributed by atoms with E-state index >= 15 is 0 Å². The average Bonchev–Trinajstić information content (AvgIpc) is 3.23. The van der Waals surface area contributed by atoms with Crippen LogP contribution >= 0.6 is 0 Å². The van der Waals surface area contributed by atoms with Gasteiger partial charge in [0.25, 0.3) is 0 Å². The summed E-state index contributed by atoms with van der Waals surface area (Å²) in [4.78, 5) is 26.0. The standard InChI is InChI=1S/C53H99NO5/c1-4-7-10-13-16-19-22-23-24-25-26-27-28-31-34-37-40-43-46-53(58)59-49(44-41-38-35-32-29-20-17-14-11-8-5-2)47-52(57)54-50(48-55)51(56)45-42-39-36-33-30-21-18-15-12-9-6-3/h26-27,32,35,41,44,49-51,55-56H,4-25,28-31,33-34,36-40,42-43,45-48H2,1-3H3,(H,54,57)/b27-26+,35-32-,44-41+. The molecule has 0 bridgehead atoms. The second-order valence-corrected chi connectivity index (χ2v) is 17.6.